The summed E-state index contributed by atoms with van der Waals surface area (Å²) in [5, 5.41) is 0. The third-order valence-corrected chi connectivity index (χ3v) is 5.70. The van der Waals surface area contributed by atoms with Gasteiger partial charge in [0.15, 0.2) is 5.60 Å². The summed E-state index contributed by atoms with van der Waals surface area (Å²) in [6.07, 6.45) is 3.59. The van der Waals surface area contributed by atoms with Crippen LogP contribution < -0.4 is 0 Å². The van der Waals surface area contributed by atoms with Crippen molar-refractivity contribution in [3.05, 3.63) is 29.8 Å². The molecule has 0 N–H and O–H groups in total. The van der Waals surface area contributed by atoms with E-state index in [2.05, 4.69) is 0 Å². The van der Waals surface area contributed by atoms with Crippen molar-refractivity contribution in [1.29, 1.82) is 0 Å². The fourth-order valence-corrected chi connectivity index (χ4v) is 3.48. The van der Waals surface area contributed by atoms with Crippen LogP contribution in [0, 0.1) is 6.92 Å². The van der Waals surface area contributed by atoms with Crippen LogP contribution in [0.25, 0.3) is 0 Å². The van der Waals surface area contributed by atoms with Gasteiger partial charge in [0.05, 0.1) is 11.5 Å². The van der Waals surface area contributed by atoms with Crippen molar-refractivity contribution in [3.8, 4) is 0 Å². The Morgan fingerprint density at radius 2 is 1.54 bits per heavy atom. The zero-order chi connectivity index (χ0) is 21.4. The Morgan fingerprint density at radius 1 is 0.964 bits per heavy atom. The third kappa shape index (κ3) is 8.29. The number of rotatable bonds is 11. The van der Waals surface area contributed by atoms with Gasteiger partial charge in [-0.15, -0.1) is 0 Å². The van der Waals surface area contributed by atoms with E-state index < -0.39 is 21.3 Å². The molecule has 160 valence electrons. The summed E-state index contributed by atoms with van der Waals surface area (Å²) in [5.74, 6) is -0.366. The molecule has 0 amide bonds. The molecule has 28 heavy (non-hydrogen) atoms. The van der Waals surface area contributed by atoms with Crippen LogP contribution in [-0.2, 0) is 28.6 Å². The minimum atomic E-state index is -3.71. The van der Waals surface area contributed by atoms with Crippen molar-refractivity contribution in [2.45, 2.75) is 82.8 Å². The Balaban J connectivity index is 2.33. The van der Waals surface area contributed by atoms with Crippen LogP contribution in [0.1, 0.15) is 65.4 Å². The monoisotopic (exact) mass is 414 g/mol. The first kappa shape index (κ1) is 24.6. The van der Waals surface area contributed by atoms with Crippen molar-refractivity contribution in [3.63, 3.8) is 0 Å². The average Bonchev–Trinajstić information content (AvgIpc) is 2.59. The minimum absolute atomic E-state index is 0.143. The molecule has 1 unspecified atom stereocenters. The van der Waals surface area contributed by atoms with Crippen LogP contribution in [0.15, 0.2) is 29.2 Å². The number of esters is 1. The highest BCUT2D eigenvalue weighted by atomic mass is 32.2. The maximum atomic E-state index is 12.3. The molecule has 0 spiro atoms. The molecule has 0 fully saturated rings. The molecule has 0 saturated carbocycles. The fraction of sp³-hybridized carbons (Fsp3) is 0.667. The maximum absolute atomic E-state index is 12.3. The lowest BCUT2D eigenvalue weighted by molar-refractivity contribution is -0.179. The standard InChI is InChI=1S/C21H34O6S/c1-17-11-13-18(14-12-17)28(23,24)26-16-10-8-7-9-15-21(5,25-6)19(22)27-20(2,3)4/h11-14H,7-10,15-16H2,1-6H3. The highest BCUT2D eigenvalue weighted by molar-refractivity contribution is 7.86. The highest BCUT2D eigenvalue weighted by Gasteiger charge is 2.36. The van der Waals surface area contributed by atoms with E-state index in [1.807, 2.05) is 27.7 Å². The molecule has 1 atom stereocenters. The minimum Gasteiger partial charge on any atom is -0.458 e. The number of aryl methyl sites for hydroxylation is 1. The number of carbonyl (C=O) groups is 1. The molecule has 0 radical (unpaired) electrons. The van der Waals surface area contributed by atoms with E-state index in [0.717, 1.165) is 24.8 Å². The van der Waals surface area contributed by atoms with Crippen molar-refractivity contribution < 1.29 is 26.9 Å². The summed E-state index contributed by atoms with van der Waals surface area (Å²) < 4.78 is 40.1. The van der Waals surface area contributed by atoms with Crippen LogP contribution in [0.4, 0.5) is 0 Å². The topological polar surface area (TPSA) is 78.9 Å². The SMILES string of the molecule is COC(C)(CCCCCCOS(=O)(=O)c1ccc(C)cc1)C(=O)OC(C)(C)C. The van der Waals surface area contributed by atoms with Crippen LogP contribution in [-0.4, -0.2) is 39.3 Å². The summed E-state index contributed by atoms with van der Waals surface area (Å²) in [5.41, 5.74) is -0.538. The second-order valence-electron chi connectivity index (χ2n) is 8.19. The molecule has 0 aliphatic carbocycles. The van der Waals surface area contributed by atoms with Crippen molar-refractivity contribution in [2.75, 3.05) is 13.7 Å². The van der Waals surface area contributed by atoms with Gasteiger partial charge in [-0.1, -0.05) is 30.5 Å². The van der Waals surface area contributed by atoms with E-state index in [0.29, 0.717) is 12.8 Å². The zero-order valence-electron chi connectivity index (χ0n) is 17.9. The Bertz CT molecular complexity index is 718. The molecular formula is C21H34O6S. The first-order valence-electron chi connectivity index (χ1n) is 9.64. The van der Waals surface area contributed by atoms with Gasteiger partial charge in [-0.25, -0.2) is 4.79 Å². The van der Waals surface area contributed by atoms with E-state index in [1.54, 1.807) is 31.2 Å². The van der Waals surface area contributed by atoms with E-state index in [4.69, 9.17) is 13.7 Å². The molecule has 0 aliphatic heterocycles. The number of carbonyl (C=O) groups excluding carboxylic acids is 1. The third-order valence-electron chi connectivity index (χ3n) is 4.38. The molecular weight excluding hydrogens is 380 g/mol. The molecule has 0 bridgehead atoms. The summed E-state index contributed by atoms with van der Waals surface area (Å²) in [6, 6.07) is 6.58. The second-order valence-corrected chi connectivity index (χ2v) is 9.81. The van der Waals surface area contributed by atoms with Gasteiger partial charge in [0.2, 0.25) is 0 Å². The normalized spacial score (nSPS) is 14.5. The number of benzene rings is 1. The van der Waals surface area contributed by atoms with Gasteiger partial charge in [-0.2, -0.15) is 8.42 Å². The smallest absolute Gasteiger partial charge is 0.338 e. The summed E-state index contributed by atoms with van der Waals surface area (Å²) in [4.78, 5) is 12.5. The first-order chi connectivity index (χ1) is 12.9. The van der Waals surface area contributed by atoms with E-state index >= 15 is 0 Å². The number of unbranched alkanes of at least 4 members (excludes halogenated alkanes) is 3. The van der Waals surface area contributed by atoms with E-state index in [1.165, 1.54) is 7.11 Å². The lowest BCUT2D eigenvalue weighted by atomic mass is 9.97. The van der Waals surface area contributed by atoms with Crippen molar-refractivity contribution in [2.24, 2.45) is 0 Å². The maximum Gasteiger partial charge on any atom is 0.338 e. The quantitative estimate of drug-likeness (QED) is 0.303. The Labute approximate surface area is 169 Å². The first-order valence-corrected chi connectivity index (χ1v) is 11.1. The van der Waals surface area contributed by atoms with E-state index in [-0.39, 0.29) is 17.5 Å². The molecule has 1 rings (SSSR count). The lowest BCUT2D eigenvalue weighted by Gasteiger charge is -2.30. The van der Waals surface area contributed by atoms with Gasteiger partial charge in [0, 0.05) is 7.11 Å². The summed E-state index contributed by atoms with van der Waals surface area (Å²) in [6.45, 7) is 9.25. The number of hydrogen-bond acceptors (Lipinski definition) is 6. The molecule has 1 aromatic carbocycles. The van der Waals surface area contributed by atoms with Crippen molar-refractivity contribution >= 4 is 16.1 Å². The van der Waals surface area contributed by atoms with Gasteiger partial charge in [0.25, 0.3) is 10.1 Å². The summed E-state index contributed by atoms with van der Waals surface area (Å²) >= 11 is 0. The van der Waals surface area contributed by atoms with Gasteiger partial charge in [-0.05, 0) is 66.0 Å². The number of ether oxygens (including phenoxy) is 2. The highest BCUT2D eigenvalue weighted by Crippen LogP contribution is 2.24. The van der Waals surface area contributed by atoms with Crippen LogP contribution >= 0.6 is 0 Å². The molecule has 1 aromatic rings. The van der Waals surface area contributed by atoms with Crippen molar-refractivity contribution in [1.82, 2.24) is 0 Å². The van der Waals surface area contributed by atoms with Crippen LogP contribution in [0.3, 0.4) is 0 Å². The van der Waals surface area contributed by atoms with Gasteiger partial charge < -0.3 is 9.47 Å². The van der Waals surface area contributed by atoms with Gasteiger partial charge >= 0.3 is 5.97 Å². The zero-order valence-corrected chi connectivity index (χ0v) is 18.7. The molecule has 6 nitrogen and oxygen atoms in total. The Morgan fingerprint density at radius 3 is 2.07 bits per heavy atom. The van der Waals surface area contributed by atoms with Gasteiger partial charge in [0.1, 0.15) is 5.60 Å². The summed E-state index contributed by atoms with van der Waals surface area (Å²) in [7, 11) is -2.20. The lowest BCUT2D eigenvalue weighted by Crippen LogP contribution is -2.42. The molecule has 0 saturated heterocycles. The molecule has 0 heterocycles. The number of methoxy groups -OCH3 is 1. The fourth-order valence-electron chi connectivity index (χ4n) is 2.53. The predicted octanol–water partition coefficient (Wildman–Crippen LogP) is 4.40. The molecule has 0 aliphatic rings. The van der Waals surface area contributed by atoms with E-state index in [9.17, 15) is 13.2 Å². The second kappa shape index (κ2) is 10.4. The predicted molar refractivity (Wildman–Crippen MR) is 109 cm³/mol. The Hall–Kier alpha value is -1.44. The molecule has 7 heteroatoms. The van der Waals surface area contributed by atoms with Gasteiger partial charge in [-0.3, -0.25) is 4.18 Å². The Kier molecular flexibility index (Phi) is 9.11. The largest absolute Gasteiger partial charge is 0.458 e. The molecule has 0 aromatic heterocycles. The number of hydrogen-bond donors (Lipinski definition) is 0. The van der Waals surface area contributed by atoms with Crippen LogP contribution in [0.5, 0.6) is 0 Å². The average molecular weight is 415 g/mol. The van der Waals surface area contributed by atoms with Crippen LogP contribution in [0.2, 0.25) is 0 Å².